The Morgan fingerprint density at radius 1 is 1.19 bits per heavy atom. The van der Waals surface area contributed by atoms with Crippen molar-refractivity contribution < 1.29 is 24.2 Å². The van der Waals surface area contributed by atoms with E-state index >= 15 is 0 Å². The molecule has 0 aromatic heterocycles. The molecule has 26 heavy (non-hydrogen) atoms. The molecule has 0 radical (unpaired) electrons. The van der Waals surface area contributed by atoms with Gasteiger partial charge in [-0.15, -0.1) is 0 Å². The third-order valence-corrected chi connectivity index (χ3v) is 3.71. The number of amides is 2. The first-order chi connectivity index (χ1) is 12.2. The Kier molecular flexibility index (Phi) is 8.57. The van der Waals surface area contributed by atoms with Crippen LogP contribution in [0.1, 0.15) is 32.3 Å². The first-order valence-electron chi connectivity index (χ1n) is 8.41. The third-order valence-electron chi connectivity index (χ3n) is 3.71. The quantitative estimate of drug-likeness (QED) is 0.481. The lowest BCUT2D eigenvalue weighted by Crippen LogP contribution is -2.47. The monoisotopic (exact) mass is 365 g/mol. The molecule has 0 bridgehead atoms. The molecule has 0 unspecified atom stereocenters. The van der Waals surface area contributed by atoms with Gasteiger partial charge in [0.25, 0.3) is 0 Å². The number of nitrogens with two attached hydrogens (primary N) is 1. The fourth-order valence-electron chi connectivity index (χ4n) is 2.30. The predicted octanol–water partition coefficient (Wildman–Crippen LogP) is 0.644. The SMILES string of the molecule is COc1ccc(CNC(=O)[C@@H](N)CC(=O)N[C@@H](CC(C)C)C(=O)O)cc1. The smallest absolute Gasteiger partial charge is 0.326 e. The highest BCUT2D eigenvalue weighted by molar-refractivity contribution is 5.89. The van der Waals surface area contributed by atoms with Crippen molar-refractivity contribution in [1.29, 1.82) is 0 Å². The lowest BCUT2D eigenvalue weighted by Gasteiger charge is -2.18. The summed E-state index contributed by atoms with van der Waals surface area (Å²) >= 11 is 0. The summed E-state index contributed by atoms with van der Waals surface area (Å²) < 4.78 is 5.06. The number of carbonyl (C=O) groups is 3. The highest BCUT2D eigenvalue weighted by atomic mass is 16.5. The number of methoxy groups -OCH3 is 1. The molecule has 8 nitrogen and oxygen atoms in total. The largest absolute Gasteiger partial charge is 0.497 e. The second kappa shape index (κ2) is 10.4. The average molecular weight is 365 g/mol. The molecule has 2 atom stereocenters. The standard InChI is InChI=1S/C18H27N3O5/c1-11(2)8-15(18(24)25)21-16(22)9-14(19)17(23)20-10-12-4-6-13(26-3)7-5-12/h4-7,11,14-15H,8-10,19H2,1-3H3,(H,20,23)(H,21,22)(H,24,25)/t14-,15-/m0/s1. The van der Waals surface area contributed by atoms with E-state index in [1.807, 2.05) is 13.8 Å². The number of hydrogen-bond donors (Lipinski definition) is 4. The summed E-state index contributed by atoms with van der Waals surface area (Å²) in [6.07, 6.45) is 0.0241. The number of benzene rings is 1. The third kappa shape index (κ3) is 7.52. The van der Waals surface area contributed by atoms with Crippen molar-refractivity contribution in [2.45, 2.75) is 45.3 Å². The Bertz CT molecular complexity index is 616. The summed E-state index contributed by atoms with van der Waals surface area (Å²) in [5.41, 5.74) is 6.60. The van der Waals surface area contributed by atoms with Gasteiger partial charge in [-0.3, -0.25) is 9.59 Å². The Morgan fingerprint density at radius 2 is 1.81 bits per heavy atom. The Morgan fingerprint density at radius 3 is 2.31 bits per heavy atom. The van der Waals surface area contributed by atoms with E-state index in [9.17, 15) is 14.4 Å². The number of carbonyl (C=O) groups excluding carboxylic acids is 2. The molecular formula is C18H27N3O5. The van der Waals surface area contributed by atoms with E-state index in [0.29, 0.717) is 12.2 Å². The van der Waals surface area contributed by atoms with Gasteiger partial charge in [0, 0.05) is 6.54 Å². The maximum Gasteiger partial charge on any atom is 0.326 e. The second-order valence-corrected chi connectivity index (χ2v) is 6.46. The van der Waals surface area contributed by atoms with E-state index in [1.54, 1.807) is 31.4 Å². The summed E-state index contributed by atoms with van der Waals surface area (Å²) in [6, 6.07) is 5.12. The number of carboxylic acids is 1. The van der Waals surface area contributed by atoms with Crippen LogP contribution < -0.4 is 21.1 Å². The summed E-state index contributed by atoms with van der Waals surface area (Å²) in [6.45, 7) is 3.99. The van der Waals surface area contributed by atoms with Gasteiger partial charge < -0.3 is 26.2 Å². The van der Waals surface area contributed by atoms with Gasteiger partial charge in [0.05, 0.1) is 19.6 Å². The molecule has 0 saturated heterocycles. The number of ether oxygens (including phenoxy) is 1. The zero-order valence-corrected chi connectivity index (χ0v) is 15.3. The molecule has 1 aromatic carbocycles. The lowest BCUT2D eigenvalue weighted by molar-refractivity contribution is -0.142. The fourth-order valence-corrected chi connectivity index (χ4v) is 2.30. The van der Waals surface area contributed by atoms with Crippen molar-refractivity contribution in [3.05, 3.63) is 29.8 Å². The van der Waals surface area contributed by atoms with Crippen LogP contribution >= 0.6 is 0 Å². The minimum absolute atomic E-state index is 0.109. The van der Waals surface area contributed by atoms with Crippen molar-refractivity contribution >= 4 is 17.8 Å². The van der Waals surface area contributed by atoms with Crippen molar-refractivity contribution in [1.82, 2.24) is 10.6 Å². The number of rotatable bonds is 10. The van der Waals surface area contributed by atoms with Gasteiger partial charge in [0.2, 0.25) is 11.8 Å². The molecule has 0 aliphatic carbocycles. The highest BCUT2D eigenvalue weighted by Crippen LogP contribution is 2.11. The fraction of sp³-hybridized carbons (Fsp3) is 0.500. The molecule has 0 fully saturated rings. The zero-order chi connectivity index (χ0) is 19.7. The summed E-state index contributed by atoms with van der Waals surface area (Å²) in [7, 11) is 1.57. The highest BCUT2D eigenvalue weighted by Gasteiger charge is 2.24. The van der Waals surface area contributed by atoms with Gasteiger partial charge >= 0.3 is 5.97 Å². The normalized spacial score (nSPS) is 13.0. The first-order valence-corrected chi connectivity index (χ1v) is 8.41. The van der Waals surface area contributed by atoms with E-state index in [-0.39, 0.29) is 18.9 Å². The van der Waals surface area contributed by atoms with Gasteiger partial charge in [0.15, 0.2) is 0 Å². The molecule has 0 heterocycles. The number of carboxylic acid groups (broad SMARTS) is 1. The number of nitrogens with one attached hydrogen (secondary N) is 2. The zero-order valence-electron chi connectivity index (χ0n) is 15.3. The van der Waals surface area contributed by atoms with Crippen molar-refractivity contribution in [2.24, 2.45) is 11.7 Å². The van der Waals surface area contributed by atoms with Crippen LogP contribution in [0, 0.1) is 5.92 Å². The van der Waals surface area contributed by atoms with Gasteiger partial charge in [-0.05, 0) is 30.0 Å². The van der Waals surface area contributed by atoms with Crippen LogP contribution in [0.15, 0.2) is 24.3 Å². The maximum atomic E-state index is 12.0. The molecule has 1 rings (SSSR count). The van der Waals surface area contributed by atoms with Crippen molar-refractivity contribution in [3.8, 4) is 5.75 Å². The van der Waals surface area contributed by atoms with E-state index in [2.05, 4.69) is 10.6 Å². The van der Waals surface area contributed by atoms with Crippen molar-refractivity contribution in [3.63, 3.8) is 0 Å². The van der Waals surface area contributed by atoms with E-state index in [1.165, 1.54) is 0 Å². The molecule has 1 aromatic rings. The van der Waals surface area contributed by atoms with Crippen LogP contribution in [-0.2, 0) is 20.9 Å². The summed E-state index contributed by atoms with van der Waals surface area (Å²) in [5, 5.41) is 14.2. The Balaban J connectivity index is 2.46. The topological polar surface area (TPSA) is 131 Å². The molecule has 2 amide bonds. The lowest BCUT2D eigenvalue weighted by atomic mass is 10.0. The molecule has 5 N–H and O–H groups in total. The Labute approximate surface area is 153 Å². The van der Waals surface area contributed by atoms with Crippen LogP contribution in [0.25, 0.3) is 0 Å². The van der Waals surface area contributed by atoms with Crippen LogP contribution in [0.5, 0.6) is 5.75 Å². The van der Waals surface area contributed by atoms with E-state index < -0.39 is 29.9 Å². The van der Waals surface area contributed by atoms with Crippen LogP contribution in [-0.4, -0.2) is 42.1 Å². The van der Waals surface area contributed by atoms with Gasteiger partial charge in [0.1, 0.15) is 11.8 Å². The molecule has 0 spiro atoms. The first kappa shape index (κ1) is 21.4. The molecule has 0 aliphatic heterocycles. The van der Waals surface area contributed by atoms with Gasteiger partial charge in [-0.25, -0.2) is 4.79 Å². The minimum Gasteiger partial charge on any atom is -0.497 e. The van der Waals surface area contributed by atoms with E-state index in [4.69, 9.17) is 15.6 Å². The number of aliphatic carboxylic acids is 1. The molecule has 0 saturated carbocycles. The molecule has 0 aliphatic rings. The number of hydrogen-bond acceptors (Lipinski definition) is 5. The van der Waals surface area contributed by atoms with Gasteiger partial charge in [-0.2, -0.15) is 0 Å². The van der Waals surface area contributed by atoms with Crippen LogP contribution in [0.4, 0.5) is 0 Å². The second-order valence-electron chi connectivity index (χ2n) is 6.46. The molecular weight excluding hydrogens is 338 g/mol. The van der Waals surface area contributed by atoms with E-state index in [0.717, 1.165) is 5.56 Å². The van der Waals surface area contributed by atoms with Crippen LogP contribution in [0.3, 0.4) is 0 Å². The molecule has 8 heteroatoms. The summed E-state index contributed by atoms with van der Waals surface area (Å²) in [4.78, 5) is 35.1. The van der Waals surface area contributed by atoms with Crippen LogP contribution in [0.2, 0.25) is 0 Å². The Hall–Kier alpha value is -2.61. The molecule has 144 valence electrons. The average Bonchev–Trinajstić information content (AvgIpc) is 2.58. The van der Waals surface area contributed by atoms with Crippen molar-refractivity contribution in [2.75, 3.05) is 7.11 Å². The maximum absolute atomic E-state index is 12.0. The van der Waals surface area contributed by atoms with Gasteiger partial charge in [-0.1, -0.05) is 26.0 Å². The minimum atomic E-state index is -1.11. The predicted molar refractivity (Wildman–Crippen MR) is 96.5 cm³/mol. The summed E-state index contributed by atoms with van der Waals surface area (Å²) in [5.74, 6) is -1.33.